The molecule has 6 nitrogen and oxygen atoms in total. The van der Waals surface area contributed by atoms with Crippen LogP contribution in [0.5, 0.6) is 0 Å². The van der Waals surface area contributed by atoms with Crippen LogP contribution in [0.3, 0.4) is 0 Å². The smallest absolute Gasteiger partial charge is 0.170 e. The van der Waals surface area contributed by atoms with E-state index in [0.717, 1.165) is 28.5 Å². The van der Waals surface area contributed by atoms with Gasteiger partial charge in [-0.3, -0.25) is 9.97 Å². The number of pyridine rings is 2. The fourth-order valence-electron chi connectivity index (χ4n) is 4.46. The van der Waals surface area contributed by atoms with Crippen molar-refractivity contribution in [1.29, 1.82) is 0 Å². The van der Waals surface area contributed by atoms with Crippen LogP contribution < -0.4 is 5.32 Å². The lowest BCUT2D eigenvalue weighted by molar-refractivity contribution is 0.286. The van der Waals surface area contributed by atoms with Crippen LogP contribution in [0.1, 0.15) is 40.5 Å². The molecule has 4 aromatic rings. The Labute approximate surface area is 186 Å². The van der Waals surface area contributed by atoms with Crippen molar-refractivity contribution in [3.05, 3.63) is 102 Å². The zero-order chi connectivity index (χ0) is 21.4. The number of aryl methyl sites for hydroxylation is 1. The zero-order valence-corrected chi connectivity index (χ0v) is 18.2. The standard InChI is InChI=1S/C24H23N5OS/c1-16-13-20(17(2)29(16)18-7-5-10-25-14-18)23-22(21-9-3-4-11-26-21)27-24(31)28(23)15-19-8-6-12-30-19/h3-14,22-23H,15H2,1-2H3,(H,27,31). The number of aromatic nitrogens is 3. The molecule has 0 bridgehead atoms. The molecular formula is C24H23N5OS. The average molecular weight is 430 g/mol. The molecule has 5 heterocycles. The summed E-state index contributed by atoms with van der Waals surface area (Å²) in [5.74, 6) is 0.872. The molecule has 0 radical (unpaired) electrons. The lowest BCUT2D eigenvalue weighted by Gasteiger charge is -2.27. The molecule has 2 atom stereocenters. The van der Waals surface area contributed by atoms with Gasteiger partial charge >= 0.3 is 0 Å². The minimum atomic E-state index is -0.0634. The maximum atomic E-state index is 5.77. The zero-order valence-electron chi connectivity index (χ0n) is 17.4. The van der Waals surface area contributed by atoms with E-state index in [1.807, 2.05) is 48.8 Å². The van der Waals surface area contributed by atoms with E-state index >= 15 is 0 Å². The fraction of sp³-hybridized carbons (Fsp3) is 0.208. The largest absolute Gasteiger partial charge is 0.467 e. The molecule has 1 N–H and O–H groups in total. The molecule has 7 heteroatoms. The molecule has 0 aliphatic carbocycles. The third-order valence-electron chi connectivity index (χ3n) is 5.80. The van der Waals surface area contributed by atoms with Crippen molar-refractivity contribution >= 4 is 17.3 Å². The lowest BCUT2D eigenvalue weighted by Crippen LogP contribution is -2.29. The van der Waals surface area contributed by atoms with E-state index < -0.39 is 0 Å². The van der Waals surface area contributed by atoms with Gasteiger partial charge in [0.15, 0.2) is 5.11 Å². The van der Waals surface area contributed by atoms with E-state index in [4.69, 9.17) is 16.6 Å². The summed E-state index contributed by atoms with van der Waals surface area (Å²) in [5.41, 5.74) is 5.52. The van der Waals surface area contributed by atoms with Crippen molar-refractivity contribution in [1.82, 2.24) is 24.8 Å². The molecule has 0 amide bonds. The highest BCUT2D eigenvalue weighted by atomic mass is 32.1. The second-order valence-electron chi connectivity index (χ2n) is 7.71. The predicted octanol–water partition coefficient (Wildman–Crippen LogP) is 4.65. The van der Waals surface area contributed by atoms with Crippen LogP contribution in [-0.4, -0.2) is 24.5 Å². The Morgan fingerprint density at radius 1 is 1.10 bits per heavy atom. The summed E-state index contributed by atoms with van der Waals surface area (Å²) < 4.78 is 7.88. The van der Waals surface area contributed by atoms with Crippen molar-refractivity contribution in [3.63, 3.8) is 0 Å². The Morgan fingerprint density at radius 3 is 2.71 bits per heavy atom. The Balaban J connectivity index is 1.62. The van der Waals surface area contributed by atoms with E-state index in [-0.39, 0.29) is 12.1 Å². The molecule has 2 unspecified atom stereocenters. The quantitative estimate of drug-likeness (QED) is 0.466. The van der Waals surface area contributed by atoms with Gasteiger partial charge in [-0.1, -0.05) is 6.07 Å². The van der Waals surface area contributed by atoms with Crippen LogP contribution in [-0.2, 0) is 6.54 Å². The molecule has 5 rings (SSSR count). The minimum absolute atomic E-state index is 0.0240. The number of hydrogen-bond donors (Lipinski definition) is 1. The molecule has 1 aliphatic rings. The number of nitrogens with zero attached hydrogens (tertiary/aromatic N) is 4. The normalized spacial score (nSPS) is 18.4. The van der Waals surface area contributed by atoms with E-state index in [9.17, 15) is 0 Å². The van der Waals surface area contributed by atoms with Crippen molar-refractivity contribution in [2.45, 2.75) is 32.5 Å². The molecular weight excluding hydrogens is 406 g/mol. The molecule has 1 aliphatic heterocycles. The van der Waals surface area contributed by atoms with E-state index in [2.05, 4.69) is 50.7 Å². The number of thiocarbonyl (C=S) groups is 1. The maximum absolute atomic E-state index is 5.77. The van der Waals surface area contributed by atoms with Crippen molar-refractivity contribution < 1.29 is 4.42 Å². The molecule has 0 saturated carbocycles. The lowest BCUT2D eigenvalue weighted by atomic mass is 9.96. The second kappa shape index (κ2) is 8.00. The van der Waals surface area contributed by atoms with Gasteiger partial charge in [-0.2, -0.15) is 0 Å². The summed E-state index contributed by atoms with van der Waals surface area (Å²) in [6, 6.07) is 16.1. The second-order valence-corrected chi connectivity index (χ2v) is 8.09. The van der Waals surface area contributed by atoms with Crippen molar-refractivity contribution in [3.8, 4) is 5.69 Å². The minimum Gasteiger partial charge on any atom is -0.467 e. The number of rotatable bonds is 5. The van der Waals surface area contributed by atoms with E-state index in [1.165, 1.54) is 5.56 Å². The summed E-state index contributed by atoms with van der Waals surface area (Å²) in [5, 5.41) is 4.21. The van der Waals surface area contributed by atoms with Gasteiger partial charge in [0, 0.05) is 23.8 Å². The first kappa shape index (κ1) is 19.5. The Morgan fingerprint density at radius 2 is 2.00 bits per heavy atom. The van der Waals surface area contributed by atoms with Gasteiger partial charge in [0.05, 0.1) is 42.5 Å². The number of hydrogen-bond acceptors (Lipinski definition) is 4. The van der Waals surface area contributed by atoms with Gasteiger partial charge in [0.25, 0.3) is 0 Å². The summed E-state index contributed by atoms with van der Waals surface area (Å²) in [6.07, 6.45) is 7.20. The van der Waals surface area contributed by atoms with Crippen LogP contribution in [0.2, 0.25) is 0 Å². The summed E-state index contributed by atoms with van der Waals surface area (Å²) in [6.45, 7) is 4.86. The van der Waals surface area contributed by atoms with Gasteiger partial charge in [-0.05, 0) is 74.1 Å². The topological polar surface area (TPSA) is 59.1 Å². The molecule has 1 saturated heterocycles. The van der Waals surface area contributed by atoms with Crippen LogP contribution in [0.15, 0.2) is 77.8 Å². The highest BCUT2D eigenvalue weighted by Gasteiger charge is 2.41. The maximum Gasteiger partial charge on any atom is 0.170 e. The summed E-state index contributed by atoms with van der Waals surface area (Å²) in [7, 11) is 0. The molecule has 1 fully saturated rings. The Hall–Kier alpha value is -3.45. The fourth-order valence-corrected chi connectivity index (χ4v) is 4.76. The summed E-state index contributed by atoms with van der Waals surface area (Å²) >= 11 is 5.77. The van der Waals surface area contributed by atoms with Crippen LogP contribution in [0, 0.1) is 13.8 Å². The van der Waals surface area contributed by atoms with E-state index in [0.29, 0.717) is 11.7 Å². The van der Waals surface area contributed by atoms with Gasteiger partial charge < -0.3 is 19.2 Å². The van der Waals surface area contributed by atoms with E-state index in [1.54, 1.807) is 12.5 Å². The molecule has 0 aromatic carbocycles. The van der Waals surface area contributed by atoms with Gasteiger partial charge in [-0.15, -0.1) is 0 Å². The third-order valence-corrected chi connectivity index (χ3v) is 6.15. The molecule has 156 valence electrons. The Kier molecular flexibility index (Phi) is 5.03. The Bertz CT molecular complexity index is 1190. The average Bonchev–Trinajstić information content (AvgIpc) is 3.49. The summed E-state index contributed by atoms with van der Waals surface area (Å²) in [4.78, 5) is 11.1. The van der Waals surface area contributed by atoms with Crippen molar-refractivity contribution in [2.75, 3.05) is 0 Å². The van der Waals surface area contributed by atoms with Crippen LogP contribution in [0.25, 0.3) is 5.69 Å². The van der Waals surface area contributed by atoms with Gasteiger partial charge in [0.2, 0.25) is 0 Å². The molecule has 4 aromatic heterocycles. The number of furan rings is 1. The molecule has 0 spiro atoms. The predicted molar refractivity (Wildman–Crippen MR) is 123 cm³/mol. The third kappa shape index (κ3) is 3.51. The SMILES string of the molecule is Cc1cc(C2C(c3ccccn3)NC(=S)N2Cc2ccco2)c(C)n1-c1cccnc1. The van der Waals surface area contributed by atoms with Crippen molar-refractivity contribution in [2.24, 2.45) is 0 Å². The highest BCUT2D eigenvalue weighted by molar-refractivity contribution is 7.80. The van der Waals surface area contributed by atoms with Gasteiger partial charge in [-0.25, -0.2) is 0 Å². The first-order valence-corrected chi connectivity index (χ1v) is 10.6. The van der Waals surface area contributed by atoms with Crippen LogP contribution in [0.4, 0.5) is 0 Å². The number of nitrogens with one attached hydrogen (secondary N) is 1. The highest BCUT2D eigenvalue weighted by Crippen LogP contribution is 2.42. The first-order valence-electron chi connectivity index (χ1n) is 10.2. The first-order chi connectivity index (χ1) is 15.1. The van der Waals surface area contributed by atoms with Crippen LogP contribution >= 0.6 is 12.2 Å². The molecule has 31 heavy (non-hydrogen) atoms. The monoisotopic (exact) mass is 429 g/mol. The van der Waals surface area contributed by atoms with Gasteiger partial charge in [0.1, 0.15) is 5.76 Å².